The van der Waals surface area contributed by atoms with Crippen LogP contribution in [0.3, 0.4) is 0 Å². The molecule has 90 valence electrons. The summed E-state index contributed by atoms with van der Waals surface area (Å²) in [7, 11) is 3.88. The van der Waals surface area contributed by atoms with Gasteiger partial charge in [-0.3, -0.25) is 9.69 Å². The summed E-state index contributed by atoms with van der Waals surface area (Å²) < 4.78 is 5.70. The molecule has 0 amide bonds. The third kappa shape index (κ3) is 2.45. The van der Waals surface area contributed by atoms with Gasteiger partial charge in [-0.15, -0.1) is 0 Å². The van der Waals surface area contributed by atoms with Crippen molar-refractivity contribution in [3.8, 4) is 5.75 Å². The van der Waals surface area contributed by atoms with E-state index in [2.05, 4.69) is 9.97 Å². The lowest BCUT2D eigenvalue weighted by atomic mass is 10.2. The van der Waals surface area contributed by atoms with Crippen molar-refractivity contribution in [3.05, 3.63) is 34.9 Å². The number of aromatic nitrogens is 2. The molecule has 1 aromatic heterocycles. The van der Waals surface area contributed by atoms with Crippen LogP contribution in [0, 0.1) is 0 Å². The highest BCUT2D eigenvalue weighted by Crippen LogP contribution is 2.17. The molecule has 0 aliphatic carbocycles. The van der Waals surface area contributed by atoms with Crippen LogP contribution in [0.1, 0.15) is 6.92 Å². The van der Waals surface area contributed by atoms with Crippen molar-refractivity contribution in [1.29, 1.82) is 0 Å². The number of benzene rings is 1. The minimum absolute atomic E-state index is 0.0329. The molecular formula is C12H15N3O2. The van der Waals surface area contributed by atoms with Crippen LogP contribution in [0.4, 0.5) is 0 Å². The number of nitrogens with one attached hydrogen (secondary N) is 1. The van der Waals surface area contributed by atoms with Gasteiger partial charge in [0.2, 0.25) is 0 Å². The fourth-order valence-corrected chi connectivity index (χ4v) is 1.42. The summed E-state index contributed by atoms with van der Waals surface area (Å²) in [6, 6.07) is 5.27. The Morgan fingerprint density at radius 1 is 1.41 bits per heavy atom. The molecule has 1 N–H and O–H groups in total. The van der Waals surface area contributed by atoms with Crippen molar-refractivity contribution in [2.45, 2.75) is 13.2 Å². The molecule has 0 bridgehead atoms. The van der Waals surface area contributed by atoms with Crippen LogP contribution in [-0.4, -0.2) is 35.2 Å². The minimum Gasteiger partial charge on any atom is -0.475 e. The summed E-state index contributed by atoms with van der Waals surface area (Å²) in [6.45, 7) is 1.95. The van der Waals surface area contributed by atoms with Gasteiger partial charge in [0.25, 0.3) is 5.56 Å². The maximum absolute atomic E-state index is 11.5. The Labute approximate surface area is 99.0 Å². The first-order valence-electron chi connectivity index (χ1n) is 5.38. The lowest BCUT2D eigenvalue weighted by Gasteiger charge is -2.21. The smallest absolute Gasteiger partial charge is 0.258 e. The number of H-pyrrole nitrogens is 1. The summed E-state index contributed by atoms with van der Waals surface area (Å²) in [4.78, 5) is 20.1. The van der Waals surface area contributed by atoms with Crippen LogP contribution in [-0.2, 0) is 0 Å². The number of hydrogen-bond acceptors (Lipinski definition) is 4. The molecule has 0 fully saturated rings. The fraction of sp³-hybridized carbons (Fsp3) is 0.333. The van der Waals surface area contributed by atoms with Crippen LogP contribution in [0.2, 0.25) is 0 Å². The summed E-state index contributed by atoms with van der Waals surface area (Å²) in [5.74, 6) is 0.705. The Kier molecular flexibility index (Phi) is 3.10. The van der Waals surface area contributed by atoms with Gasteiger partial charge >= 0.3 is 0 Å². The largest absolute Gasteiger partial charge is 0.475 e. The monoisotopic (exact) mass is 233 g/mol. The van der Waals surface area contributed by atoms with E-state index in [4.69, 9.17) is 4.74 Å². The zero-order valence-electron chi connectivity index (χ0n) is 10.1. The van der Waals surface area contributed by atoms with Crippen molar-refractivity contribution in [2.24, 2.45) is 0 Å². The first kappa shape index (κ1) is 11.6. The second-order valence-corrected chi connectivity index (χ2v) is 4.09. The average Bonchev–Trinajstić information content (AvgIpc) is 2.29. The van der Waals surface area contributed by atoms with Crippen LogP contribution in [0.15, 0.2) is 29.3 Å². The highest BCUT2D eigenvalue weighted by molar-refractivity contribution is 5.78. The SMILES string of the molecule is CC(Oc1ccc2c(=O)[nH]cnc2c1)N(C)C. The van der Waals surface area contributed by atoms with E-state index < -0.39 is 0 Å². The number of fused-ring (bicyclic) bond motifs is 1. The summed E-state index contributed by atoms with van der Waals surface area (Å²) in [5.41, 5.74) is 0.499. The molecule has 1 unspecified atom stereocenters. The van der Waals surface area contributed by atoms with Gasteiger partial charge in [0, 0.05) is 6.07 Å². The maximum atomic E-state index is 11.5. The maximum Gasteiger partial charge on any atom is 0.258 e. The van der Waals surface area contributed by atoms with Crippen LogP contribution in [0.25, 0.3) is 10.9 Å². The lowest BCUT2D eigenvalue weighted by Crippen LogP contribution is -2.30. The number of nitrogens with zero attached hydrogens (tertiary/aromatic N) is 2. The second-order valence-electron chi connectivity index (χ2n) is 4.09. The van der Waals surface area contributed by atoms with Gasteiger partial charge < -0.3 is 9.72 Å². The van der Waals surface area contributed by atoms with Crippen molar-refractivity contribution < 1.29 is 4.74 Å². The molecule has 17 heavy (non-hydrogen) atoms. The van der Waals surface area contributed by atoms with Crippen molar-refractivity contribution in [2.75, 3.05) is 14.1 Å². The molecule has 0 saturated heterocycles. The molecule has 0 spiro atoms. The van der Waals surface area contributed by atoms with Gasteiger partial charge in [-0.25, -0.2) is 4.98 Å². The predicted molar refractivity (Wildman–Crippen MR) is 66.1 cm³/mol. The lowest BCUT2D eigenvalue weighted by molar-refractivity contribution is 0.0817. The number of rotatable bonds is 3. The molecule has 5 nitrogen and oxygen atoms in total. The van der Waals surface area contributed by atoms with Crippen molar-refractivity contribution in [1.82, 2.24) is 14.9 Å². The van der Waals surface area contributed by atoms with Gasteiger partial charge in [-0.2, -0.15) is 0 Å². The van der Waals surface area contributed by atoms with E-state index in [-0.39, 0.29) is 11.8 Å². The minimum atomic E-state index is -0.137. The average molecular weight is 233 g/mol. The Morgan fingerprint density at radius 3 is 2.88 bits per heavy atom. The Bertz CT molecular complexity index is 577. The quantitative estimate of drug-likeness (QED) is 0.809. The molecule has 0 aliphatic rings. The van der Waals surface area contributed by atoms with Crippen molar-refractivity contribution in [3.63, 3.8) is 0 Å². The zero-order valence-corrected chi connectivity index (χ0v) is 10.1. The number of ether oxygens (including phenoxy) is 1. The van der Waals surface area contributed by atoms with Crippen LogP contribution in [0.5, 0.6) is 5.75 Å². The normalized spacial score (nSPS) is 12.9. The predicted octanol–water partition coefficient (Wildman–Crippen LogP) is 1.21. The first-order valence-corrected chi connectivity index (χ1v) is 5.38. The molecule has 2 aromatic rings. The number of aromatic amines is 1. The Morgan fingerprint density at radius 2 is 2.18 bits per heavy atom. The molecule has 0 aliphatic heterocycles. The molecule has 1 aromatic carbocycles. The molecule has 2 rings (SSSR count). The first-order chi connectivity index (χ1) is 8.08. The standard InChI is InChI=1S/C12H15N3O2/c1-8(15(2)3)17-9-4-5-10-11(6-9)13-7-14-12(10)16/h4-8H,1-3H3,(H,13,14,16). The summed E-state index contributed by atoms with van der Waals surface area (Å²) in [6.07, 6.45) is 1.36. The van der Waals surface area contributed by atoms with E-state index in [0.29, 0.717) is 16.7 Å². The molecule has 0 saturated carbocycles. The summed E-state index contributed by atoms with van der Waals surface area (Å²) in [5, 5.41) is 0.567. The number of hydrogen-bond donors (Lipinski definition) is 1. The van der Waals surface area contributed by atoms with E-state index in [1.54, 1.807) is 18.2 Å². The van der Waals surface area contributed by atoms with Gasteiger partial charge in [-0.1, -0.05) is 0 Å². The molecule has 5 heteroatoms. The molecule has 0 radical (unpaired) electrons. The van der Waals surface area contributed by atoms with Gasteiger partial charge in [0.05, 0.1) is 17.2 Å². The van der Waals surface area contributed by atoms with Gasteiger partial charge in [0.15, 0.2) is 0 Å². The third-order valence-electron chi connectivity index (χ3n) is 2.65. The summed E-state index contributed by atoms with van der Waals surface area (Å²) >= 11 is 0. The molecular weight excluding hydrogens is 218 g/mol. The molecule has 1 heterocycles. The van der Waals surface area contributed by atoms with E-state index in [9.17, 15) is 4.79 Å². The molecule has 1 atom stereocenters. The van der Waals surface area contributed by atoms with Gasteiger partial charge in [-0.05, 0) is 33.2 Å². The fourth-order valence-electron chi connectivity index (χ4n) is 1.42. The third-order valence-corrected chi connectivity index (χ3v) is 2.65. The van der Waals surface area contributed by atoms with Crippen LogP contribution < -0.4 is 10.3 Å². The highest BCUT2D eigenvalue weighted by Gasteiger charge is 2.07. The highest BCUT2D eigenvalue weighted by atomic mass is 16.5. The Hall–Kier alpha value is -1.88. The van der Waals surface area contributed by atoms with Crippen molar-refractivity contribution >= 4 is 10.9 Å². The second kappa shape index (κ2) is 4.55. The topological polar surface area (TPSA) is 58.2 Å². The van der Waals surface area contributed by atoms with E-state index >= 15 is 0 Å². The van der Waals surface area contributed by atoms with Gasteiger partial charge in [0.1, 0.15) is 12.0 Å². The zero-order chi connectivity index (χ0) is 12.4. The van der Waals surface area contributed by atoms with E-state index in [1.165, 1.54) is 6.33 Å². The van der Waals surface area contributed by atoms with E-state index in [0.717, 1.165) is 0 Å². The Balaban J connectivity index is 2.36. The van der Waals surface area contributed by atoms with Crippen LogP contribution >= 0.6 is 0 Å². The van der Waals surface area contributed by atoms with E-state index in [1.807, 2.05) is 25.9 Å².